The number of amidine groups is 1. The van der Waals surface area contributed by atoms with E-state index in [4.69, 9.17) is 19.2 Å². The largest absolute Gasteiger partial charge is 0.493 e. The Morgan fingerprint density at radius 2 is 2.00 bits per heavy atom. The summed E-state index contributed by atoms with van der Waals surface area (Å²) in [5.74, 6) is 1.71. The fraction of sp³-hybridized carbons (Fsp3) is 0.167. The van der Waals surface area contributed by atoms with Crippen molar-refractivity contribution in [3.8, 4) is 29.1 Å². The van der Waals surface area contributed by atoms with Crippen molar-refractivity contribution in [2.75, 3.05) is 20.5 Å². The van der Waals surface area contributed by atoms with Crippen molar-refractivity contribution >= 4 is 33.7 Å². The van der Waals surface area contributed by atoms with Gasteiger partial charge in [-0.25, -0.2) is 9.98 Å². The number of hydrogen-bond donors (Lipinski definition) is 1. The van der Waals surface area contributed by atoms with Crippen molar-refractivity contribution < 1.29 is 13.9 Å². The minimum absolute atomic E-state index is 0.474. The molecule has 2 aromatic carbocycles. The normalized spacial score (nSPS) is 11.2. The molecule has 0 spiro atoms. The molecule has 1 aromatic heterocycles. The summed E-state index contributed by atoms with van der Waals surface area (Å²) in [6.45, 7) is 0. The summed E-state index contributed by atoms with van der Waals surface area (Å²) in [5.41, 5.74) is 2.78. The van der Waals surface area contributed by atoms with Crippen LogP contribution < -0.4 is 14.8 Å². The number of thioether (sulfide) groups is 1. The topological polar surface area (TPSA) is 92.7 Å². The number of ether oxygens (including phenoxy) is 2. The monoisotopic (exact) mass is 368 g/mol. The van der Waals surface area contributed by atoms with E-state index in [9.17, 15) is 0 Å². The van der Waals surface area contributed by atoms with Gasteiger partial charge in [0.15, 0.2) is 28.4 Å². The number of nitrogens with one attached hydrogen (secondary N) is 1. The third-order valence-electron chi connectivity index (χ3n) is 3.59. The third kappa shape index (κ3) is 3.58. The minimum Gasteiger partial charge on any atom is -0.493 e. The minimum atomic E-state index is 0.474. The highest BCUT2D eigenvalue weighted by Crippen LogP contribution is 2.33. The van der Waals surface area contributed by atoms with Crippen LogP contribution in [0.25, 0.3) is 22.6 Å². The number of nitriles is 1. The number of benzene rings is 2. The standard InChI is InChI=1S/C18H16N4O3S/c1-23-15-6-4-11(8-16(15)24-2)17-22-13-9-12(5-7-14(13)25-17)21-18(26-3)20-10-19/h4-9H,1-3H3,(H,20,21). The maximum absolute atomic E-state index is 8.73. The van der Waals surface area contributed by atoms with Crippen molar-refractivity contribution in [3.05, 3.63) is 36.4 Å². The quantitative estimate of drug-likeness (QED) is 0.323. The predicted molar refractivity (Wildman–Crippen MR) is 102 cm³/mol. The Morgan fingerprint density at radius 1 is 1.19 bits per heavy atom. The number of methoxy groups -OCH3 is 2. The molecular formula is C18H16N4O3S. The molecule has 0 saturated heterocycles. The molecule has 0 amide bonds. The molecule has 0 bridgehead atoms. The molecule has 0 radical (unpaired) electrons. The molecule has 1 N–H and O–H groups in total. The van der Waals surface area contributed by atoms with Crippen LogP contribution in [0.4, 0.5) is 5.69 Å². The van der Waals surface area contributed by atoms with Crippen LogP contribution in [0.2, 0.25) is 0 Å². The van der Waals surface area contributed by atoms with Gasteiger partial charge in [0, 0.05) is 5.56 Å². The highest BCUT2D eigenvalue weighted by atomic mass is 32.2. The lowest BCUT2D eigenvalue weighted by atomic mass is 10.2. The lowest BCUT2D eigenvalue weighted by Gasteiger charge is -2.07. The van der Waals surface area contributed by atoms with Crippen molar-refractivity contribution in [2.45, 2.75) is 0 Å². The molecule has 132 valence electrons. The predicted octanol–water partition coefficient (Wildman–Crippen LogP) is 3.93. The second-order valence-corrected chi connectivity index (χ2v) is 5.89. The molecule has 0 aliphatic rings. The molecule has 0 fully saturated rings. The number of rotatable bonds is 4. The molecule has 0 unspecified atom stereocenters. The zero-order valence-electron chi connectivity index (χ0n) is 14.4. The third-order valence-corrected chi connectivity index (χ3v) is 4.17. The maximum Gasteiger partial charge on any atom is 0.227 e. The lowest BCUT2D eigenvalue weighted by Crippen LogP contribution is -2.12. The van der Waals surface area contributed by atoms with Crippen LogP contribution in [0.5, 0.6) is 11.5 Å². The second kappa shape index (κ2) is 7.80. The first-order valence-electron chi connectivity index (χ1n) is 7.59. The van der Waals surface area contributed by atoms with E-state index >= 15 is 0 Å². The number of aliphatic imine (C=N–C) groups is 1. The fourth-order valence-corrected chi connectivity index (χ4v) is 2.71. The van der Waals surface area contributed by atoms with Gasteiger partial charge < -0.3 is 13.9 Å². The summed E-state index contributed by atoms with van der Waals surface area (Å²) in [6, 6.07) is 10.9. The molecule has 0 aliphatic heterocycles. The van der Waals surface area contributed by atoms with Crippen LogP contribution in [-0.2, 0) is 0 Å². The summed E-state index contributed by atoms with van der Waals surface area (Å²) < 4.78 is 16.4. The first-order valence-corrected chi connectivity index (χ1v) is 8.81. The summed E-state index contributed by atoms with van der Waals surface area (Å²) in [4.78, 5) is 8.91. The van der Waals surface area contributed by atoms with Gasteiger partial charge in [-0.3, -0.25) is 5.32 Å². The van der Waals surface area contributed by atoms with Crippen LogP contribution in [0.1, 0.15) is 0 Å². The van der Waals surface area contributed by atoms with E-state index in [2.05, 4.69) is 15.3 Å². The summed E-state index contributed by atoms with van der Waals surface area (Å²) >= 11 is 1.35. The van der Waals surface area contributed by atoms with Gasteiger partial charge in [-0.05, 0) is 42.7 Å². The summed E-state index contributed by atoms with van der Waals surface area (Å²) in [5, 5.41) is 11.8. The molecule has 0 aliphatic carbocycles. The Labute approximate surface area is 154 Å². The van der Waals surface area contributed by atoms with Crippen molar-refractivity contribution in [1.29, 1.82) is 5.26 Å². The zero-order valence-corrected chi connectivity index (χ0v) is 15.3. The van der Waals surface area contributed by atoms with Gasteiger partial charge in [0.2, 0.25) is 5.89 Å². The SMILES string of the molecule is COc1ccc(-c2nc3cc(N=C(NC#N)SC)ccc3o2)cc1OC. The van der Waals surface area contributed by atoms with Crippen LogP contribution >= 0.6 is 11.8 Å². The molecule has 3 aromatic rings. The molecule has 0 saturated carbocycles. The molecule has 0 atom stereocenters. The average Bonchev–Trinajstić information content (AvgIpc) is 3.10. The van der Waals surface area contributed by atoms with Gasteiger partial charge >= 0.3 is 0 Å². The van der Waals surface area contributed by atoms with E-state index in [1.165, 1.54) is 11.8 Å². The van der Waals surface area contributed by atoms with Crippen LogP contribution in [0, 0.1) is 11.5 Å². The lowest BCUT2D eigenvalue weighted by molar-refractivity contribution is 0.355. The number of oxazole rings is 1. The highest BCUT2D eigenvalue weighted by Gasteiger charge is 2.12. The van der Waals surface area contributed by atoms with Gasteiger partial charge in [0.05, 0.1) is 19.9 Å². The van der Waals surface area contributed by atoms with Crippen molar-refractivity contribution in [2.24, 2.45) is 4.99 Å². The van der Waals surface area contributed by atoms with Crippen LogP contribution in [0.15, 0.2) is 45.8 Å². The Morgan fingerprint density at radius 3 is 2.69 bits per heavy atom. The Balaban J connectivity index is 1.99. The van der Waals surface area contributed by atoms with Gasteiger partial charge in [-0.15, -0.1) is 0 Å². The number of fused-ring (bicyclic) bond motifs is 1. The van der Waals surface area contributed by atoms with Gasteiger partial charge in [0.25, 0.3) is 0 Å². The van der Waals surface area contributed by atoms with E-state index in [-0.39, 0.29) is 0 Å². The zero-order chi connectivity index (χ0) is 18.5. The number of nitrogens with zero attached hydrogens (tertiary/aromatic N) is 3. The van der Waals surface area contributed by atoms with Crippen LogP contribution in [-0.4, -0.2) is 30.6 Å². The molecular weight excluding hydrogens is 352 g/mol. The molecule has 7 nitrogen and oxygen atoms in total. The fourth-order valence-electron chi connectivity index (χ4n) is 2.37. The number of aromatic nitrogens is 1. The average molecular weight is 368 g/mol. The number of hydrogen-bond acceptors (Lipinski definition) is 7. The van der Waals surface area contributed by atoms with Crippen molar-refractivity contribution in [1.82, 2.24) is 10.3 Å². The summed E-state index contributed by atoms with van der Waals surface area (Å²) in [7, 11) is 3.17. The molecule has 1 heterocycles. The van der Waals surface area contributed by atoms with Gasteiger partial charge in [0.1, 0.15) is 5.52 Å². The van der Waals surface area contributed by atoms with E-state index in [0.717, 1.165) is 5.56 Å². The molecule has 8 heteroatoms. The van der Waals surface area contributed by atoms with E-state index in [1.807, 2.05) is 24.6 Å². The Bertz CT molecular complexity index is 1010. The second-order valence-electron chi connectivity index (χ2n) is 5.10. The first kappa shape index (κ1) is 17.6. The van der Waals surface area contributed by atoms with Gasteiger partial charge in [-0.2, -0.15) is 5.26 Å². The van der Waals surface area contributed by atoms with Crippen molar-refractivity contribution in [3.63, 3.8) is 0 Å². The van der Waals surface area contributed by atoms with Gasteiger partial charge in [-0.1, -0.05) is 11.8 Å². The Kier molecular flexibility index (Phi) is 5.29. The summed E-state index contributed by atoms with van der Waals surface area (Å²) in [6.07, 6.45) is 3.70. The van der Waals surface area contributed by atoms with E-state index in [0.29, 0.717) is 39.3 Å². The smallest absolute Gasteiger partial charge is 0.227 e. The van der Waals surface area contributed by atoms with E-state index < -0.39 is 0 Å². The highest BCUT2D eigenvalue weighted by molar-refractivity contribution is 8.13. The van der Waals surface area contributed by atoms with Crippen LogP contribution in [0.3, 0.4) is 0 Å². The maximum atomic E-state index is 8.73. The molecule has 3 rings (SSSR count). The first-order chi connectivity index (χ1) is 12.7. The van der Waals surface area contributed by atoms with E-state index in [1.54, 1.807) is 38.5 Å². The Hall–Kier alpha value is -3.18. The molecule has 26 heavy (non-hydrogen) atoms.